The summed E-state index contributed by atoms with van der Waals surface area (Å²) in [5.74, 6) is 0.945. The van der Waals surface area contributed by atoms with Gasteiger partial charge in [-0.2, -0.15) is 0 Å². The zero-order valence-corrected chi connectivity index (χ0v) is 10.9. The number of aromatic nitrogens is 2. The smallest absolute Gasteiger partial charge is 0.159 e. The van der Waals surface area contributed by atoms with E-state index in [1.165, 1.54) is 0 Å². The van der Waals surface area contributed by atoms with Crippen LogP contribution < -0.4 is 0 Å². The Morgan fingerprint density at radius 1 is 1.21 bits per heavy atom. The predicted molar refractivity (Wildman–Crippen MR) is 76.2 cm³/mol. The van der Waals surface area contributed by atoms with Gasteiger partial charge >= 0.3 is 0 Å². The average molecular weight is 250 g/mol. The maximum absolute atomic E-state index is 11.7. The first-order valence-electron chi connectivity index (χ1n) is 6.18. The quantitative estimate of drug-likeness (QED) is 0.653. The summed E-state index contributed by atoms with van der Waals surface area (Å²) >= 11 is 0. The van der Waals surface area contributed by atoms with Gasteiger partial charge in [-0.3, -0.25) is 4.79 Å². The molecule has 3 heteroatoms. The van der Waals surface area contributed by atoms with Crippen LogP contribution >= 0.6 is 0 Å². The lowest BCUT2D eigenvalue weighted by atomic mass is 9.99. The van der Waals surface area contributed by atoms with Crippen molar-refractivity contribution in [3.05, 3.63) is 54.4 Å². The van der Waals surface area contributed by atoms with Crippen molar-refractivity contribution in [2.24, 2.45) is 7.05 Å². The molecule has 3 aromatic rings. The Morgan fingerprint density at radius 2 is 2.00 bits per heavy atom. The van der Waals surface area contributed by atoms with Gasteiger partial charge in [0.1, 0.15) is 5.82 Å². The number of carbonyl (C=O) groups excluding carboxylic acids is 1. The Morgan fingerprint density at radius 3 is 2.68 bits per heavy atom. The van der Waals surface area contributed by atoms with Crippen molar-refractivity contribution in [3.8, 4) is 11.4 Å². The van der Waals surface area contributed by atoms with Crippen molar-refractivity contribution in [1.82, 2.24) is 9.55 Å². The Bertz CT molecular complexity index is 771. The third-order valence-corrected chi connectivity index (χ3v) is 3.33. The van der Waals surface area contributed by atoms with Gasteiger partial charge in [-0.25, -0.2) is 4.98 Å². The number of Topliss-reactive ketones (excluding diaryl/α,β-unsaturated/α-hetero) is 1. The van der Waals surface area contributed by atoms with Crippen LogP contribution in [-0.4, -0.2) is 15.3 Å². The van der Waals surface area contributed by atoms with Crippen LogP contribution in [0.5, 0.6) is 0 Å². The van der Waals surface area contributed by atoms with E-state index in [9.17, 15) is 4.79 Å². The maximum Gasteiger partial charge on any atom is 0.159 e. The number of rotatable bonds is 2. The number of hydrogen-bond donors (Lipinski definition) is 0. The third-order valence-electron chi connectivity index (χ3n) is 3.33. The summed E-state index contributed by atoms with van der Waals surface area (Å²) in [4.78, 5) is 16.1. The van der Waals surface area contributed by atoms with Gasteiger partial charge in [-0.1, -0.05) is 24.3 Å². The normalized spacial score (nSPS) is 10.8. The van der Waals surface area contributed by atoms with Crippen molar-refractivity contribution >= 4 is 16.6 Å². The molecule has 0 saturated carbocycles. The zero-order chi connectivity index (χ0) is 13.4. The number of imidazole rings is 1. The van der Waals surface area contributed by atoms with Gasteiger partial charge in [0, 0.05) is 30.6 Å². The fourth-order valence-corrected chi connectivity index (χ4v) is 2.32. The number of benzene rings is 2. The van der Waals surface area contributed by atoms with Gasteiger partial charge in [0.15, 0.2) is 5.78 Å². The molecule has 0 unspecified atom stereocenters. The minimum Gasteiger partial charge on any atom is -0.334 e. The molecule has 0 atom stereocenters. The highest BCUT2D eigenvalue weighted by Crippen LogP contribution is 2.29. The summed E-state index contributed by atoms with van der Waals surface area (Å²) < 4.78 is 1.96. The van der Waals surface area contributed by atoms with Gasteiger partial charge in [-0.05, 0) is 29.8 Å². The van der Waals surface area contributed by atoms with Crippen LogP contribution in [0.25, 0.3) is 22.2 Å². The van der Waals surface area contributed by atoms with E-state index < -0.39 is 0 Å². The van der Waals surface area contributed by atoms with Crippen LogP contribution in [0.4, 0.5) is 0 Å². The number of nitrogens with zero attached hydrogens (tertiary/aromatic N) is 2. The van der Waals surface area contributed by atoms with Crippen LogP contribution in [0.15, 0.2) is 48.8 Å². The van der Waals surface area contributed by atoms with E-state index in [0.29, 0.717) is 0 Å². The van der Waals surface area contributed by atoms with E-state index in [2.05, 4.69) is 11.1 Å². The first kappa shape index (κ1) is 11.7. The Balaban J connectivity index is 2.39. The second-order valence-electron chi connectivity index (χ2n) is 4.66. The summed E-state index contributed by atoms with van der Waals surface area (Å²) in [5.41, 5.74) is 1.72. The molecule has 0 bridgehead atoms. The summed E-state index contributed by atoms with van der Waals surface area (Å²) in [7, 11) is 1.96. The summed E-state index contributed by atoms with van der Waals surface area (Å²) in [5, 5.41) is 2.18. The van der Waals surface area contributed by atoms with Crippen molar-refractivity contribution in [2.45, 2.75) is 6.92 Å². The van der Waals surface area contributed by atoms with E-state index in [0.717, 1.165) is 27.7 Å². The summed E-state index contributed by atoms with van der Waals surface area (Å²) in [6, 6.07) is 11.9. The lowest BCUT2D eigenvalue weighted by Gasteiger charge is -2.09. The molecular formula is C16H14N2O. The molecule has 0 aliphatic heterocycles. The lowest BCUT2D eigenvalue weighted by molar-refractivity contribution is 0.101. The molecular weight excluding hydrogens is 236 g/mol. The molecule has 0 aliphatic carbocycles. The SMILES string of the molecule is CC(=O)c1cc(-c2nccn2C)c2ccccc2c1. The Labute approximate surface area is 111 Å². The largest absolute Gasteiger partial charge is 0.334 e. The van der Waals surface area contributed by atoms with Gasteiger partial charge in [0.05, 0.1) is 0 Å². The minimum atomic E-state index is 0.0706. The van der Waals surface area contributed by atoms with E-state index in [1.54, 1.807) is 13.1 Å². The molecule has 0 saturated heterocycles. The van der Waals surface area contributed by atoms with Crippen LogP contribution in [0.3, 0.4) is 0 Å². The van der Waals surface area contributed by atoms with Crippen molar-refractivity contribution in [3.63, 3.8) is 0 Å². The van der Waals surface area contributed by atoms with Crippen molar-refractivity contribution < 1.29 is 4.79 Å². The maximum atomic E-state index is 11.7. The zero-order valence-electron chi connectivity index (χ0n) is 10.9. The predicted octanol–water partition coefficient (Wildman–Crippen LogP) is 3.44. The van der Waals surface area contributed by atoms with E-state index >= 15 is 0 Å². The molecule has 0 aliphatic rings. The standard InChI is InChI=1S/C16H14N2O/c1-11(19)13-9-12-5-3-4-6-14(12)15(10-13)16-17-7-8-18(16)2/h3-10H,1-2H3. The average Bonchev–Trinajstić information content (AvgIpc) is 2.83. The highest BCUT2D eigenvalue weighted by Gasteiger charge is 2.11. The number of aryl methyl sites for hydroxylation is 1. The van der Waals surface area contributed by atoms with Crippen LogP contribution in [0, 0.1) is 0 Å². The number of carbonyl (C=O) groups is 1. The Hall–Kier alpha value is -2.42. The van der Waals surface area contributed by atoms with Gasteiger partial charge < -0.3 is 4.57 Å². The number of ketones is 1. The van der Waals surface area contributed by atoms with Crippen LogP contribution in [0.1, 0.15) is 17.3 Å². The molecule has 2 aromatic carbocycles. The van der Waals surface area contributed by atoms with E-state index in [1.807, 2.05) is 48.1 Å². The fraction of sp³-hybridized carbons (Fsp3) is 0.125. The molecule has 3 rings (SSSR count). The monoisotopic (exact) mass is 250 g/mol. The molecule has 0 spiro atoms. The molecule has 19 heavy (non-hydrogen) atoms. The second-order valence-corrected chi connectivity index (χ2v) is 4.66. The van der Waals surface area contributed by atoms with Crippen molar-refractivity contribution in [1.29, 1.82) is 0 Å². The molecule has 3 nitrogen and oxygen atoms in total. The second kappa shape index (κ2) is 4.35. The Kier molecular flexibility index (Phi) is 2.67. The lowest BCUT2D eigenvalue weighted by Crippen LogP contribution is -1.97. The third kappa shape index (κ3) is 1.93. The first-order chi connectivity index (χ1) is 9.16. The molecule has 0 radical (unpaired) electrons. The van der Waals surface area contributed by atoms with Gasteiger partial charge in [-0.15, -0.1) is 0 Å². The van der Waals surface area contributed by atoms with Gasteiger partial charge in [0.2, 0.25) is 0 Å². The topological polar surface area (TPSA) is 34.9 Å². The summed E-state index contributed by atoms with van der Waals surface area (Å²) in [6.07, 6.45) is 3.68. The molecule has 0 N–H and O–H groups in total. The molecule has 1 aromatic heterocycles. The van der Waals surface area contributed by atoms with E-state index in [-0.39, 0.29) is 5.78 Å². The van der Waals surface area contributed by atoms with E-state index in [4.69, 9.17) is 0 Å². The van der Waals surface area contributed by atoms with Crippen LogP contribution in [-0.2, 0) is 7.05 Å². The van der Waals surface area contributed by atoms with Crippen molar-refractivity contribution in [2.75, 3.05) is 0 Å². The molecule has 0 amide bonds. The first-order valence-corrected chi connectivity index (χ1v) is 6.18. The van der Waals surface area contributed by atoms with Gasteiger partial charge in [0.25, 0.3) is 0 Å². The summed E-state index contributed by atoms with van der Waals surface area (Å²) in [6.45, 7) is 1.59. The fourth-order valence-electron chi connectivity index (χ4n) is 2.32. The van der Waals surface area contributed by atoms with Crippen LogP contribution in [0.2, 0.25) is 0 Å². The minimum absolute atomic E-state index is 0.0706. The molecule has 0 fully saturated rings. The number of fused-ring (bicyclic) bond motifs is 1. The highest BCUT2D eigenvalue weighted by molar-refractivity contribution is 6.03. The highest BCUT2D eigenvalue weighted by atomic mass is 16.1. The number of hydrogen-bond acceptors (Lipinski definition) is 2. The molecule has 1 heterocycles. The molecule has 94 valence electrons.